The third kappa shape index (κ3) is 2.30. The van der Waals surface area contributed by atoms with Gasteiger partial charge >= 0.3 is 0 Å². The van der Waals surface area contributed by atoms with Crippen LogP contribution in [0.15, 0.2) is 36.0 Å². The van der Waals surface area contributed by atoms with Crippen LogP contribution < -0.4 is 0 Å². The summed E-state index contributed by atoms with van der Waals surface area (Å²) in [5.74, 6) is -0.370. The lowest BCUT2D eigenvalue weighted by molar-refractivity contribution is 0.104. The molecular weight excluding hydrogens is 205 g/mol. The van der Waals surface area contributed by atoms with E-state index in [0.29, 0.717) is 5.56 Å². The highest BCUT2D eigenvalue weighted by Crippen LogP contribution is 2.19. The van der Waals surface area contributed by atoms with Crippen molar-refractivity contribution < 1.29 is 9.18 Å². The number of carbonyl (C=O) groups excluding carboxylic acids is 1. The van der Waals surface area contributed by atoms with Crippen molar-refractivity contribution >= 4 is 5.78 Å². The summed E-state index contributed by atoms with van der Waals surface area (Å²) in [5, 5.41) is 0. The van der Waals surface area contributed by atoms with E-state index >= 15 is 0 Å². The first-order valence-corrected chi connectivity index (χ1v) is 5.38. The van der Waals surface area contributed by atoms with Crippen molar-refractivity contribution in [2.24, 2.45) is 0 Å². The highest BCUT2D eigenvalue weighted by atomic mass is 19.1. The number of halogens is 1. The van der Waals surface area contributed by atoms with Crippen molar-refractivity contribution in [3.8, 4) is 0 Å². The van der Waals surface area contributed by atoms with Gasteiger partial charge in [-0.25, -0.2) is 4.39 Å². The van der Waals surface area contributed by atoms with E-state index in [1.54, 1.807) is 6.08 Å². The van der Waals surface area contributed by atoms with Crippen molar-refractivity contribution in [1.82, 2.24) is 4.90 Å². The largest absolute Gasteiger partial charge is 0.378 e. The molecule has 0 saturated carbocycles. The normalized spacial score (nSPS) is 18.1. The number of carbonyl (C=O) groups is 1. The fraction of sp³-hybridized carbons (Fsp3) is 0.308. The Morgan fingerprint density at radius 1 is 1.38 bits per heavy atom. The fourth-order valence-electron chi connectivity index (χ4n) is 1.86. The van der Waals surface area contributed by atoms with Crippen LogP contribution in [0.25, 0.3) is 0 Å². The van der Waals surface area contributed by atoms with Gasteiger partial charge in [0.15, 0.2) is 5.78 Å². The lowest BCUT2D eigenvalue weighted by atomic mass is 10.1. The SMILES string of the molecule is CN1CCCC1=CC(=O)c1ccc(F)cc1. The molecule has 0 aliphatic carbocycles. The van der Waals surface area contributed by atoms with Crippen molar-refractivity contribution in [3.63, 3.8) is 0 Å². The van der Waals surface area contributed by atoms with E-state index in [0.717, 1.165) is 25.1 Å². The number of allylic oxidation sites excluding steroid dienone is 2. The molecule has 0 unspecified atom stereocenters. The van der Waals surface area contributed by atoms with Crippen molar-refractivity contribution in [1.29, 1.82) is 0 Å². The van der Waals surface area contributed by atoms with Crippen molar-refractivity contribution in [2.45, 2.75) is 12.8 Å². The molecule has 1 fully saturated rings. The van der Waals surface area contributed by atoms with Gasteiger partial charge in [-0.1, -0.05) is 0 Å². The maximum Gasteiger partial charge on any atom is 0.187 e. The molecule has 0 aromatic heterocycles. The molecule has 84 valence electrons. The summed E-state index contributed by atoms with van der Waals surface area (Å²) in [4.78, 5) is 13.9. The number of nitrogens with zero attached hydrogens (tertiary/aromatic N) is 1. The molecule has 16 heavy (non-hydrogen) atoms. The molecule has 0 bridgehead atoms. The van der Waals surface area contributed by atoms with Gasteiger partial charge < -0.3 is 4.90 Å². The van der Waals surface area contributed by atoms with Crippen LogP contribution >= 0.6 is 0 Å². The number of ketones is 1. The molecule has 0 radical (unpaired) electrons. The molecule has 0 amide bonds. The van der Waals surface area contributed by atoms with Crippen LogP contribution in [0.2, 0.25) is 0 Å². The van der Waals surface area contributed by atoms with Crippen LogP contribution in [0.3, 0.4) is 0 Å². The zero-order valence-electron chi connectivity index (χ0n) is 9.24. The van der Waals surface area contributed by atoms with Crippen LogP contribution in [-0.2, 0) is 0 Å². The number of rotatable bonds is 2. The Morgan fingerprint density at radius 3 is 2.62 bits per heavy atom. The first-order valence-electron chi connectivity index (χ1n) is 5.38. The molecule has 2 nitrogen and oxygen atoms in total. The van der Waals surface area contributed by atoms with Gasteiger partial charge in [-0.15, -0.1) is 0 Å². The summed E-state index contributed by atoms with van der Waals surface area (Å²) >= 11 is 0. The smallest absolute Gasteiger partial charge is 0.187 e. The minimum absolute atomic E-state index is 0.0521. The maximum atomic E-state index is 12.7. The molecule has 0 spiro atoms. The van der Waals surface area contributed by atoms with Gasteiger partial charge in [-0.3, -0.25) is 4.79 Å². The summed E-state index contributed by atoms with van der Waals surface area (Å²) in [6.45, 7) is 1.00. The molecule has 0 atom stereocenters. The van der Waals surface area contributed by atoms with E-state index in [9.17, 15) is 9.18 Å². The minimum Gasteiger partial charge on any atom is -0.378 e. The monoisotopic (exact) mass is 219 g/mol. The number of likely N-dealkylation sites (tertiary alicyclic amines) is 1. The highest BCUT2D eigenvalue weighted by molar-refractivity contribution is 6.04. The molecule has 1 saturated heterocycles. The maximum absolute atomic E-state index is 12.7. The average molecular weight is 219 g/mol. The molecule has 0 N–H and O–H groups in total. The zero-order valence-corrected chi connectivity index (χ0v) is 9.24. The summed E-state index contributed by atoms with van der Waals surface area (Å²) in [6, 6.07) is 5.65. The number of hydrogen-bond donors (Lipinski definition) is 0. The predicted octanol–water partition coefficient (Wildman–Crippen LogP) is 2.62. The van der Waals surface area contributed by atoms with Gasteiger partial charge in [-0.2, -0.15) is 0 Å². The van der Waals surface area contributed by atoms with Crippen LogP contribution in [-0.4, -0.2) is 24.3 Å². The molecule has 2 rings (SSSR count). The Bertz CT molecular complexity index is 422. The Labute approximate surface area is 94.4 Å². The van der Waals surface area contributed by atoms with Gasteiger partial charge in [-0.05, 0) is 37.1 Å². The number of benzene rings is 1. The van der Waals surface area contributed by atoms with Crippen LogP contribution in [0, 0.1) is 5.82 Å². The van der Waals surface area contributed by atoms with E-state index < -0.39 is 0 Å². The second-order valence-electron chi connectivity index (χ2n) is 4.03. The van der Waals surface area contributed by atoms with E-state index in [1.807, 2.05) is 7.05 Å². The Kier molecular flexibility index (Phi) is 3.04. The van der Waals surface area contributed by atoms with Gasteiger partial charge in [0.25, 0.3) is 0 Å². The van der Waals surface area contributed by atoms with Gasteiger partial charge in [0, 0.05) is 30.9 Å². The van der Waals surface area contributed by atoms with E-state index in [2.05, 4.69) is 4.90 Å². The topological polar surface area (TPSA) is 20.3 Å². The molecule has 3 heteroatoms. The summed E-state index contributed by atoms with van der Waals surface area (Å²) in [5.41, 5.74) is 1.60. The summed E-state index contributed by atoms with van der Waals surface area (Å²) in [6.07, 6.45) is 3.70. The summed E-state index contributed by atoms with van der Waals surface area (Å²) < 4.78 is 12.7. The Hall–Kier alpha value is -1.64. The average Bonchev–Trinajstić information content (AvgIpc) is 2.65. The summed E-state index contributed by atoms with van der Waals surface area (Å²) in [7, 11) is 1.98. The Morgan fingerprint density at radius 2 is 2.06 bits per heavy atom. The quantitative estimate of drug-likeness (QED) is 0.563. The second-order valence-corrected chi connectivity index (χ2v) is 4.03. The van der Waals surface area contributed by atoms with Gasteiger partial charge in [0.2, 0.25) is 0 Å². The van der Waals surface area contributed by atoms with Crippen LogP contribution in [0.4, 0.5) is 4.39 Å². The third-order valence-electron chi connectivity index (χ3n) is 2.84. The molecule has 1 aromatic carbocycles. The lowest BCUT2D eigenvalue weighted by Gasteiger charge is -2.11. The standard InChI is InChI=1S/C13H14FNO/c1-15-8-2-3-12(15)9-13(16)10-4-6-11(14)7-5-10/h4-7,9H,2-3,8H2,1H3. The van der Waals surface area contributed by atoms with Gasteiger partial charge in [0.1, 0.15) is 5.82 Å². The van der Waals surface area contributed by atoms with Gasteiger partial charge in [0.05, 0.1) is 0 Å². The van der Waals surface area contributed by atoms with Crippen LogP contribution in [0.5, 0.6) is 0 Å². The highest BCUT2D eigenvalue weighted by Gasteiger charge is 2.14. The lowest BCUT2D eigenvalue weighted by Crippen LogP contribution is -2.11. The first kappa shape index (κ1) is 10.9. The predicted molar refractivity (Wildman–Crippen MR) is 60.7 cm³/mol. The van der Waals surface area contributed by atoms with E-state index in [1.165, 1.54) is 24.3 Å². The molecular formula is C13H14FNO. The van der Waals surface area contributed by atoms with E-state index in [4.69, 9.17) is 0 Å². The fourth-order valence-corrected chi connectivity index (χ4v) is 1.86. The molecule has 1 aliphatic rings. The van der Waals surface area contributed by atoms with Crippen LogP contribution in [0.1, 0.15) is 23.2 Å². The van der Waals surface area contributed by atoms with E-state index in [-0.39, 0.29) is 11.6 Å². The molecule has 1 heterocycles. The zero-order chi connectivity index (χ0) is 11.5. The van der Waals surface area contributed by atoms with Crippen molar-refractivity contribution in [2.75, 3.05) is 13.6 Å². The third-order valence-corrected chi connectivity index (χ3v) is 2.84. The molecule has 1 aliphatic heterocycles. The Balaban J connectivity index is 2.16. The molecule has 1 aromatic rings. The van der Waals surface area contributed by atoms with Crippen molar-refractivity contribution in [3.05, 3.63) is 47.4 Å². The minimum atomic E-state index is -0.317. The second kappa shape index (κ2) is 4.47. The number of hydrogen-bond acceptors (Lipinski definition) is 2. The first-order chi connectivity index (χ1) is 7.66.